The summed E-state index contributed by atoms with van der Waals surface area (Å²) in [6, 6.07) is 10.5. The third-order valence-corrected chi connectivity index (χ3v) is 10.8. The summed E-state index contributed by atoms with van der Waals surface area (Å²) >= 11 is 0. The largest absolute Gasteiger partial charge is 0.481 e. The highest BCUT2D eigenvalue weighted by molar-refractivity contribution is 6.88. The second-order valence-electron chi connectivity index (χ2n) is 13.7. The van der Waals surface area contributed by atoms with Gasteiger partial charge in [-0.05, 0) is 29.0 Å². The number of likely N-dealkylation sites (tertiary alicyclic amines) is 1. The summed E-state index contributed by atoms with van der Waals surface area (Å²) in [5.74, 6) is -0.824. The summed E-state index contributed by atoms with van der Waals surface area (Å²) in [6.07, 6.45) is 6.74. The van der Waals surface area contributed by atoms with Crippen LogP contribution < -0.4 is 15.2 Å². The number of hydrogen-bond acceptors (Lipinski definition) is 5. The van der Waals surface area contributed by atoms with Crippen molar-refractivity contribution in [1.82, 2.24) is 15.2 Å². The van der Waals surface area contributed by atoms with E-state index in [0.717, 1.165) is 43.2 Å². The molecule has 1 aromatic heterocycles. The topological polar surface area (TPSA) is 91.8 Å². The molecule has 1 aromatic carbocycles. The molecule has 218 valence electrons. The minimum absolute atomic E-state index is 0.0144. The summed E-state index contributed by atoms with van der Waals surface area (Å²) in [6.45, 7) is 13.6. The summed E-state index contributed by atoms with van der Waals surface area (Å²) in [7, 11) is 0.0123. The Morgan fingerprint density at radius 2 is 1.75 bits per heavy atom. The third kappa shape index (κ3) is 6.28. The van der Waals surface area contributed by atoms with Gasteiger partial charge in [0, 0.05) is 36.2 Å². The highest BCUT2D eigenvalue weighted by atomic mass is 28.3. The molecule has 4 atom stereocenters. The first-order valence-corrected chi connectivity index (χ1v) is 18.2. The third-order valence-electron chi connectivity index (χ3n) is 8.78. The maximum Gasteiger partial charge on any atom is 0.326 e. The number of aliphatic carboxylic acids is 1. The molecule has 0 bridgehead atoms. The van der Waals surface area contributed by atoms with Crippen LogP contribution in [0.1, 0.15) is 70.0 Å². The molecule has 2 N–H and O–H groups in total. The van der Waals surface area contributed by atoms with Gasteiger partial charge >= 0.3 is 5.97 Å². The first kappa shape index (κ1) is 30.3. The van der Waals surface area contributed by atoms with Crippen molar-refractivity contribution in [1.29, 1.82) is 0 Å². The van der Waals surface area contributed by atoms with Crippen molar-refractivity contribution in [3.63, 3.8) is 0 Å². The second-order valence-corrected chi connectivity index (χ2v) is 18.7. The van der Waals surface area contributed by atoms with Crippen molar-refractivity contribution in [3.05, 3.63) is 53.7 Å². The number of amides is 1. The number of rotatable bonds is 8. The van der Waals surface area contributed by atoms with E-state index in [1.54, 1.807) is 12.0 Å². The number of benzene rings is 1. The fourth-order valence-electron chi connectivity index (χ4n) is 6.73. The zero-order valence-electron chi connectivity index (χ0n) is 25.2. The molecule has 0 unspecified atom stereocenters. The van der Waals surface area contributed by atoms with Gasteiger partial charge in [0.25, 0.3) is 0 Å². The van der Waals surface area contributed by atoms with Gasteiger partial charge < -0.3 is 20.1 Å². The van der Waals surface area contributed by atoms with Gasteiger partial charge in [0.1, 0.15) is 6.04 Å². The van der Waals surface area contributed by atoms with Crippen molar-refractivity contribution in [2.24, 2.45) is 17.3 Å². The van der Waals surface area contributed by atoms with Gasteiger partial charge in [-0.3, -0.25) is 4.79 Å². The van der Waals surface area contributed by atoms with Gasteiger partial charge in [-0.2, -0.15) is 0 Å². The standard InChI is InChI=1S/C32H47N3O4Si/c1-32(2,3)25-26(33-19-23-18-24(40(5,6)7)20-34-29(23)39-4)27(21-14-10-8-11-15-21)35(28(25)31(37)38)30(36)22-16-12-9-13-17-22/h8,10-11,14-15,18,20,22,25-28,33H,9,12-13,16-17,19H2,1-7H3,(H,37,38)/t25-,26-,27-,28-/m0/s1. The number of carbonyl (C=O) groups excluding carboxylic acids is 1. The molecule has 2 heterocycles. The van der Waals surface area contributed by atoms with E-state index < -0.39 is 26.1 Å². The van der Waals surface area contributed by atoms with Crippen molar-refractivity contribution in [2.75, 3.05) is 7.11 Å². The van der Waals surface area contributed by atoms with Gasteiger partial charge in [-0.25, -0.2) is 9.78 Å². The molecular formula is C32H47N3O4Si. The number of ether oxygens (including phenoxy) is 1. The highest BCUT2D eigenvalue weighted by Crippen LogP contribution is 2.49. The van der Waals surface area contributed by atoms with Crippen LogP contribution in [0.5, 0.6) is 5.88 Å². The van der Waals surface area contributed by atoms with Crippen LogP contribution in [0, 0.1) is 17.3 Å². The Labute approximate surface area is 240 Å². The molecule has 4 rings (SSSR count). The highest BCUT2D eigenvalue weighted by Gasteiger charge is 2.58. The Morgan fingerprint density at radius 1 is 1.10 bits per heavy atom. The number of aromatic nitrogens is 1. The zero-order valence-corrected chi connectivity index (χ0v) is 26.2. The maximum absolute atomic E-state index is 14.3. The number of hydrogen-bond donors (Lipinski definition) is 2. The Morgan fingerprint density at radius 3 is 2.30 bits per heavy atom. The molecule has 1 aliphatic heterocycles. The number of carbonyl (C=O) groups is 2. The minimum Gasteiger partial charge on any atom is -0.481 e. The van der Waals surface area contributed by atoms with E-state index >= 15 is 0 Å². The smallest absolute Gasteiger partial charge is 0.326 e. The minimum atomic E-state index is -1.62. The van der Waals surface area contributed by atoms with Crippen molar-refractivity contribution < 1.29 is 19.4 Å². The molecule has 0 radical (unpaired) electrons. The van der Waals surface area contributed by atoms with Crippen LogP contribution in [-0.2, 0) is 16.1 Å². The number of carboxylic acid groups (broad SMARTS) is 1. The lowest BCUT2D eigenvalue weighted by molar-refractivity contribution is -0.154. The Balaban J connectivity index is 1.81. The lowest BCUT2D eigenvalue weighted by Crippen LogP contribution is -2.49. The maximum atomic E-state index is 14.3. The van der Waals surface area contributed by atoms with Gasteiger partial charge in [0.05, 0.1) is 21.2 Å². The van der Waals surface area contributed by atoms with E-state index in [1.807, 2.05) is 36.5 Å². The van der Waals surface area contributed by atoms with Crippen molar-refractivity contribution >= 4 is 25.1 Å². The normalized spacial score (nSPS) is 24.2. The van der Waals surface area contributed by atoms with E-state index in [2.05, 4.69) is 56.8 Å². The SMILES string of the molecule is COc1ncc([Si](C)(C)C)cc1CN[C@H]1[C@H](C(C)(C)C)[C@@H](C(=O)O)N(C(=O)C2CCCCC2)[C@H]1c1ccccc1. The van der Waals surface area contributed by atoms with Crippen LogP contribution in [0.25, 0.3) is 0 Å². The van der Waals surface area contributed by atoms with Gasteiger partial charge in [-0.1, -0.05) is 96.1 Å². The predicted octanol–water partition coefficient (Wildman–Crippen LogP) is 5.37. The van der Waals surface area contributed by atoms with Crippen LogP contribution in [0.2, 0.25) is 19.6 Å². The molecule has 1 aliphatic carbocycles. The average molecular weight is 566 g/mol. The van der Waals surface area contributed by atoms with E-state index in [9.17, 15) is 14.7 Å². The average Bonchev–Trinajstić information content (AvgIpc) is 3.28. The second kappa shape index (κ2) is 12.0. The number of nitrogens with one attached hydrogen (secondary N) is 1. The number of pyridine rings is 1. The zero-order chi connectivity index (χ0) is 29.2. The van der Waals surface area contributed by atoms with Crippen molar-refractivity contribution in [2.45, 2.75) is 97.2 Å². The molecule has 0 spiro atoms. The van der Waals surface area contributed by atoms with Crippen LogP contribution in [-0.4, -0.2) is 54.1 Å². The first-order valence-electron chi connectivity index (χ1n) is 14.7. The molecule has 2 fully saturated rings. The molecule has 7 nitrogen and oxygen atoms in total. The van der Waals surface area contributed by atoms with Gasteiger partial charge in [-0.15, -0.1) is 0 Å². The Kier molecular flexibility index (Phi) is 9.10. The Hall–Kier alpha value is -2.71. The van der Waals surface area contributed by atoms with Gasteiger partial charge in [0.2, 0.25) is 11.8 Å². The van der Waals surface area contributed by atoms with Crippen LogP contribution >= 0.6 is 0 Å². The van der Waals surface area contributed by atoms with E-state index in [4.69, 9.17) is 4.74 Å². The van der Waals surface area contributed by atoms with Crippen LogP contribution in [0.3, 0.4) is 0 Å². The van der Waals surface area contributed by atoms with E-state index in [-0.39, 0.29) is 29.2 Å². The fourth-order valence-corrected chi connectivity index (χ4v) is 7.79. The molecular weight excluding hydrogens is 518 g/mol. The summed E-state index contributed by atoms with van der Waals surface area (Å²) in [5, 5.41) is 15.7. The lowest BCUT2D eigenvalue weighted by atomic mass is 9.72. The van der Waals surface area contributed by atoms with Crippen LogP contribution in [0.4, 0.5) is 0 Å². The predicted molar refractivity (Wildman–Crippen MR) is 161 cm³/mol. The first-order chi connectivity index (χ1) is 18.8. The summed E-state index contributed by atoms with van der Waals surface area (Å²) in [5.41, 5.74) is 1.53. The molecule has 1 amide bonds. The molecule has 8 heteroatoms. The molecule has 1 saturated heterocycles. The molecule has 1 saturated carbocycles. The van der Waals surface area contributed by atoms with Crippen LogP contribution in [0.15, 0.2) is 42.6 Å². The Bertz CT molecular complexity index is 1180. The lowest BCUT2D eigenvalue weighted by Gasteiger charge is -2.36. The molecule has 2 aliphatic rings. The van der Waals surface area contributed by atoms with Gasteiger partial charge in [0.15, 0.2) is 0 Å². The fraction of sp³-hybridized carbons (Fsp3) is 0.594. The monoisotopic (exact) mass is 565 g/mol. The quantitative estimate of drug-likeness (QED) is 0.418. The van der Waals surface area contributed by atoms with E-state index in [0.29, 0.717) is 12.4 Å². The summed E-state index contributed by atoms with van der Waals surface area (Å²) in [4.78, 5) is 33.7. The van der Waals surface area contributed by atoms with E-state index in [1.165, 1.54) is 5.19 Å². The number of methoxy groups -OCH3 is 1. The number of nitrogens with zero attached hydrogens (tertiary/aromatic N) is 2. The number of carboxylic acids is 1. The molecule has 40 heavy (non-hydrogen) atoms. The van der Waals surface area contributed by atoms with Crippen molar-refractivity contribution in [3.8, 4) is 5.88 Å². The molecule has 2 aromatic rings. The summed E-state index contributed by atoms with van der Waals surface area (Å²) < 4.78 is 5.64.